The summed E-state index contributed by atoms with van der Waals surface area (Å²) in [6.07, 6.45) is 7.13. The highest BCUT2D eigenvalue weighted by Crippen LogP contribution is 2.20. The van der Waals surface area contributed by atoms with Gasteiger partial charge >= 0.3 is 0 Å². The molecule has 4 aromatic rings. The van der Waals surface area contributed by atoms with Crippen molar-refractivity contribution in [2.45, 2.75) is 38.6 Å². The van der Waals surface area contributed by atoms with Crippen LogP contribution in [0.3, 0.4) is 0 Å². The summed E-state index contributed by atoms with van der Waals surface area (Å²) in [4.78, 5) is 31.9. The number of carbonyl (C=O) groups is 2. The minimum atomic E-state index is -0.313. The average Bonchev–Trinajstić information content (AvgIpc) is 3.16. The summed E-state index contributed by atoms with van der Waals surface area (Å²) in [5, 5.41) is 6.68. The van der Waals surface area contributed by atoms with Crippen molar-refractivity contribution >= 4 is 34.3 Å². The van der Waals surface area contributed by atoms with Gasteiger partial charge in [0.25, 0.3) is 5.91 Å². The molecule has 36 heavy (non-hydrogen) atoms. The Bertz CT molecular complexity index is 1290. The van der Waals surface area contributed by atoms with Crippen LogP contribution in [0.15, 0.2) is 77.3 Å². The zero-order valence-corrected chi connectivity index (χ0v) is 20.2. The van der Waals surface area contributed by atoms with Crippen molar-refractivity contribution in [1.29, 1.82) is 0 Å². The molecule has 2 N–H and O–H groups in total. The van der Waals surface area contributed by atoms with Crippen LogP contribution in [0.2, 0.25) is 0 Å². The van der Waals surface area contributed by atoms with Gasteiger partial charge in [-0.3, -0.25) is 9.59 Å². The topological polar surface area (TPSA) is 87.5 Å². The predicted molar refractivity (Wildman–Crippen MR) is 141 cm³/mol. The second-order valence-electron chi connectivity index (χ2n) is 9.18. The minimum absolute atomic E-state index is 0.0642. The molecule has 0 aliphatic carbocycles. The van der Waals surface area contributed by atoms with Gasteiger partial charge in [-0.1, -0.05) is 49.2 Å². The fraction of sp³-hybridized carbons (Fsp3) is 0.276. The number of hydrogen-bond acceptors (Lipinski definition) is 5. The standard InChI is InChI=1S/C29H30N4O3/c34-28(31-20-22-11-14-27(30-19-22)33-15-5-1-2-6-16-33)17-21-9-12-24(13-10-21)32-29(35)26-18-23-7-3-4-8-25(23)36-26/h3-4,7-14,18-19H,1-2,5-6,15-17,20H2,(H,31,34)(H,32,35). The molecule has 7 heteroatoms. The lowest BCUT2D eigenvalue weighted by atomic mass is 10.1. The quantitative estimate of drug-likeness (QED) is 0.372. The first-order chi connectivity index (χ1) is 17.6. The highest BCUT2D eigenvalue weighted by atomic mass is 16.3. The van der Waals surface area contributed by atoms with Gasteiger partial charge in [0.1, 0.15) is 11.4 Å². The van der Waals surface area contributed by atoms with Crippen molar-refractivity contribution < 1.29 is 14.0 Å². The van der Waals surface area contributed by atoms with Gasteiger partial charge in [0.2, 0.25) is 5.91 Å². The smallest absolute Gasteiger partial charge is 0.291 e. The molecule has 1 aliphatic heterocycles. The molecule has 3 heterocycles. The maximum absolute atomic E-state index is 12.5. The Labute approximate surface area is 210 Å². The van der Waals surface area contributed by atoms with Crippen LogP contribution in [-0.2, 0) is 17.8 Å². The first-order valence-electron chi connectivity index (χ1n) is 12.5. The van der Waals surface area contributed by atoms with Crippen LogP contribution in [0.1, 0.15) is 47.4 Å². The van der Waals surface area contributed by atoms with Crippen LogP contribution in [0.4, 0.5) is 11.5 Å². The second kappa shape index (κ2) is 11.1. The Kier molecular flexibility index (Phi) is 7.26. The number of nitrogens with zero attached hydrogens (tertiary/aromatic N) is 2. The Morgan fingerprint density at radius 1 is 0.889 bits per heavy atom. The normalized spacial score (nSPS) is 13.8. The minimum Gasteiger partial charge on any atom is -0.451 e. The Morgan fingerprint density at radius 2 is 1.64 bits per heavy atom. The number of amides is 2. The van der Waals surface area contributed by atoms with Gasteiger partial charge in [-0.2, -0.15) is 0 Å². The number of anilines is 2. The van der Waals surface area contributed by atoms with E-state index >= 15 is 0 Å². The van der Waals surface area contributed by atoms with Gasteiger partial charge in [-0.15, -0.1) is 0 Å². The highest BCUT2D eigenvalue weighted by Gasteiger charge is 2.13. The number of benzene rings is 2. The van der Waals surface area contributed by atoms with Crippen LogP contribution >= 0.6 is 0 Å². The number of pyridine rings is 1. The molecular formula is C29H30N4O3. The molecule has 0 spiro atoms. The summed E-state index contributed by atoms with van der Waals surface area (Å²) in [5.41, 5.74) is 3.16. The fourth-order valence-electron chi connectivity index (χ4n) is 4.45. The molecule has 1 aliphatic rings. The summed E-state index contributed by atoms with van der Waals surface area (Å²) in [7, 11) is 0. The summed E-state index contributed by atoms with van der Waals surface area (Å²) < 4.78 is 5.61. The van der Waals surface area contributed by atoms with E-state index in [9.17, 15) is 9.59 Å². The lowest BCUT2D eigenvalue weighted by Crippen LogP contribution is -2.26. The van der Waals surface area contributed by atoms with E-state index in [0.29, 0.717) is 17.8 Å². The SMILES string of the molecule is O=C(Cc1ccc(NC(=O)c2cc3ccccc3o2)cc1)NCc1ccc(N2CCCCCC2)nc1. The van der Waals surface area contributed by atoms with E-state index in [1.54, 1.807) is 18.2 Å². The summed E-state index contributed by atoms with van der Waals surface area (Å²) in [6.45, 7) is 2.56. The van der Waals surface area contributed by atoms with E-state index in [-0.39, 0.29) is 24.0 Å². The molecule has 2 aromatic heterocycles. The first kappa shape index (κ1) is 23.6. The third kappa shape index (κ3) is 5.92. The highest BCUT2D eigenvalue weighted by molar-refractivity contribution is 6.04. The van der Waals surface area contributed by atoms with Crippen molar-refractivity contribution in [2.24, 2.45) is 0 Å². The molecule has 5 rings (SSSR count). The molecule has 0 radical (unpaired) electrons. The molecule has 184 valence electrons. The van der Waals surface area contributed by atoms with E-state index in [4.69, 9.17) is 4.42 Å². The number of furan rings is 1. The van der Waals surface area contributed by atoms with Crippen LogP contribution < -0.4 is 15.5 Å². The summed E-state index contributed by atoms with van der Waals surface area (Å²) >= 11 is 0. The van der Waals surface area contributed by atoms with E-state index in [2.05, 4.69) is 20.5 Å². The second-order valence-corrected chi connectivity index (χ2v) is 9.18. The zero-order valence-electron chi connectivity index (χ0n) is 20.2. The van der Waals surface area contributed by atoms with Gasteiger partial charge in [-0.05, 0) is 54.3 Å². The van der Waals surface area contributed by atoms with Gasteiger partial charge in [0.05, 0.1) is 6.42 Å². The molecule has 1 fully saturated rings. The molecule has 2 amide bonds. The van der Waals surface area contributed by atoms with Crippen molar-refractivity contribution in [1.82, 2.24) is 10.3 Å². The Morgan fingerprint density at radius 3 is 2.36 bits per heavy atom. The largest absolute Gasteiger partial charge is 0.451 e. The number of carbonyl (C=O) groups excluding carboxylic acids is 2. The summed E-state index contributed by atoms with van der Waals surface area (Å²) in [6, 6.07) is 20.6. The van der Waals surface area contributed by atoms with E-state index in [1.807, 2.05) is 54.7 Å². The summed E-state index contributed by atoms with van der Waals surface area (Å²) in [5.74, 6) is 0.894. The van der Waals surface area contributed by atoms with Crippen LogP contribution in [-0.4, -0.2) is 29.9 Å². The lowest BCUT2D eigenvalue weighted by Gasteiger charge is -2.21. The molecular weight excluding hydrogens is 452 g/mol. The van der Waals surface area contributed by atoms with Crippen LogP contribution in [0, 0.1) is 0 Å². The van der Waals surface area contributed by atoms with Gasteiger partial charge < -0.3 is 20.0 Å². The predicted octanol–water partition coefficient (Wildman–Crippen LogP) is 5.32. The van der Waals surface area contributed by atoms with Crippen LogP contribution in [0.5, 0.6) is 0 Å². The van der Waals surface area contributed by atoms with E-state index < -0.39 is 0 Å². The molecule has 0 unspecified atom stereocenters. The lowest BCUT2D eigenvalue weighted by molar-refractivity contribution is -0.120. The third-order valence-electron chi connectivity index (χ3n) is 6.45. The fourth-order valence-corrected chi connectivity index (χ4v) is 4.45. The number of hydrogen-bond donors (Lipinski definition) is 2. The number of aromatic nitrogens is 1. The van der Waals surface area contributed by atoms with Gasteiger partial charge in [0, 0.05) is 36.9 Å². The van der Waals surface area contributed by atoms with Crippen molar-refractivity contribution in [3.8, 4) is 0 Å². The number of fused-ring (bicyclic) bond motifs is 1. The molecule has 0 atom stereocenters. The maximum atomic E-state index is 12.5. The van der Waals surface area contributed by atoms with E-state index in [0.717, 1.165) is 35.4 Å². The van der Waals surface area contributed by atoms with E-state index in [1.165, 1.54) is 25.7 Å². The number of nitrogens with one attached hydrogen (secondary N) is 2. The Balaban J connectivity index is 1.10. The number of rotatable bonds is 7. The molecule has 0 bridgehead atoms. The monoisotopic (exact) mass is 482 g/mol. The van der Waals surface area contributed by atoms with Gasteiger partial charge in [0.15, 0.2) is 5.76 Å². The average molecular weight is 483 g/mol. The van der Waals surface area contributed by atoms with Gasteiger partial charge in [-0.25, -0.2) is 4.98 Å². The molecule has 7 nitrogen and oxygen atoms in total. The number of para-hydroxylation sites is 1. The Hall–Kier alpha value is -4.13. The maximum Gasteiger partial charge on any atom is 0.291 e. The van der Waals surface area contributed by atoms with Crippen molar-refractivity contribution in [3.63, 3.8) is 0 Å². The molecule has 2 aromatic carbocycles. The van der Waals surface area contributed by atoms with Crippen molar-refractivity contribution in [3.05, 3.63) is 89.8 Å². The van der Waals surface area contributed by atoms with Crippen molar-refractivity contribution in [2.75, 3.05) is 23.3 Å². The molecule has 0 saturated carbocycles. The van der Waals surface area contributed by atoms with Crippen LogP contribution in [0.25, 0.3) is 11.0 Å². The first-order valence-corrected chi connectivity index (χ1v) is 12.5. The zero-order chi connectivity index (χ0) is 24.7. The third-order valence-corrected chi connectivity index (χ3v) is 6.45. The molecule has 1 saturated heterocycles.